The van der Waals surface area contributed by atoms with E-state index in [1.54, 1.807) is 0 Å². The number of hydrogen-bond acceptors (Lipinski definition) is 3. The van der Waals surface area contributed by atoms with Crippen LogP contribution in [0.2, 0.25) is 0 Å². The van der Waals surface area contributed by atoms with Gasteiger partial charge in [-0.15, -0.1) is 0 Å². The first-order valence-corrected chi connectivity index (χ1v) is 6.81. The molecule has 4 nitrogen and oxygen atoms in total. The van der Waals surface area contributed by atoms with E-state index in [1.165, 1.54) is 19.3 Å². The Hall–Kier alpha value is -0.610. The maximum Gasteiger partial charge on any atom is 0.320 e. The first kappa shape index (κ1) is 14.5. The van der Waals surface area contributed by atoms with Gasteiger partial charge in [-0.05, 0) is 45.8 Å². The third-order valence-electron chi connectivity index (χ3n) is 3.26. The maximum absolute atomic E-state index is 11.1. The average molecular weight is 242 g/mol. The topological polar surface area (TPSA) is 52.6 Å². The second-order valence-corrected chi connectivity index (χ2v) is 5.13. The Labute approximate surface area is 104 Å². The fraction of sp³-hybridized carbons (Fsp3) is 0.923. The Kier molecular flexibility index (Phi) is 6.52. The van der Waals surface area contributed by atoms with Crippen LogP contribution in [0.5, 0.6) is 0 Å². The molecule has 1 aliphatic carbocycles. The van der Waals surface area contributed by atoms with Crippen LogP contribution in [-0.4, -0.2) is 48.2 Å². The summed E-state index contributed by atoms with van der Waals surface area (Å²) in [5, 5.41) is 12.3. The van der Waals surface area contributed by atoms with Crippen molar-refractivity contribution in [2.75, 3.05) is 20.1 Å². The number of unbranched alkanes of at least 4 members (excludes halogenated alkanes) is 2. The molecule has 0 spiro atoms. The smallest absolute Gasteiger partial charge is 0.320 e. The lowest BCUT2D eigenvalue weighted by Crippen LogP contribution is -2.40. The van der Waals surface area contributed by atoms with E-state index in [0.717, 1.165) is 25.9 Å². The lowest BCUT2D eigenvalue weighted by atomic mass is 10.2. The third kappa shape index (κ3) is 6.64. The van der Waals surface area contributed by atoms with E-state index in [4.69, 9.17) is 5.11 Å². The molecule has 4 heteroatoms. The molecule has 0 heterocycles. The van der Waals surface area contributed by atoms with Crippen molar-refractivity contribution in [3.05, 3.63) is 0 Å². The van der Waals surface area contributed by atoms with E-state index in [0.29, 0.717) is 12.5 Å². The second-order valence-electron chi connectivity index (χ2n) is 5.13. The maximum atomic E-state index is 11.1. The van der Waals surface area contributed by atoms with Crippen molar-refractivity contribution < 1.29 is 9.90 Å². The summed E-state index contributed by atoms with van der Waals surface area (Å²) < 4.78 is 0. The predicted octanol–water partition coefficient (Wildman–Crippen LogP) is 1.70. The summed E-state index contributed by atoms with van der Waals surface area (Å²) in [6.07, 6.45) is 6.67. The molecule has 0 radical (unpaired) electrons. The molecule has 1 unspecified atom stereocenters. The Morgan fingerprint density at radius 1 is 1.41 bits per heavy atom. The van der Waals surface area contributed by atoms with Gasteiger partial charge in [-0.2, -0.15) is 0 Å². The molecule has 1 rings (SSSR count). The predicted molar refractivity (Wildman–Crippen MR) is 69.2 cm³/mol. The van der Waals surface area contributed by atoms with Crippen molar-refractivity contribution >= 4 is 5.97 Å². The molecular formula is C13H26N2O2. The molecule has 0 bridgehead atoms. The molecular weight excluding hydrogens is 216 g/mol. The first-order valence-electron chi connectivity index (χ1n) is 6.81. The van der Waals surface area contributed by atoms with E-state index in [-0.39, 0.29) is 6.04 Å². The van der Waals surface area contributed by atoms with E-state index < -0.39 is 5.97 Å². The SMILES string of the molecule is CCCCCN(C)CCC(NC1CC1)C(=O)O. The van der Waals surface area contributed by atoms with Gasteiger partial charge in [-0.25, -0.2) is 0 Å². The molecule has 100 valence electrons. The Morgan fingerprint density at radius 3 is 2.65 bits per heavy atom. The standard InChI is InChI=1S/C13H26N2O2/c1-3-4-5-9-15(2)10-8-12(13(16)17)14-11-6-7-11/h11-12,14H,3-10H2,1-2H3,(H,16,17). The summed E-state index contributed by atoms with van der Waals surface area (Å²) in [5.41, 5.74) is 0. The lowest BCUT2D eigenvalue weighted by Gasteiger charge is -2.20. The van der Waals surface area contributed by atoms with Crippen LogP contribution in [0.3, 0.4) is 0 Å². The van der Waals surface area contributed by atoms with Crippen molar-refractivity contribution in [3.8, 4) is 0 Å². The van der Waals surface area contributed by atoms with Crippen LogP contribution in [0.4, 0.5) is 0 Å². The average Bonchev–Trinajstić information content (AvgIpc) is 3.08. The minimum Gasteiger partial charge on any atom is -0.480 e. The first-order chi connectivity index (χ1) is 8.13. The zero-order chi connectivity index (χ0) is 12.7. The highest BCUT2D eigenvalue weighted by molar-refractivity contribution is 5.73. The minimum atomic E-state index is -0.709. The van der Waals surface area contributed by atoms with Gasteiger partial charge in [0.25, 0.3) is 0 Å². The zero-order valence-electron chi connectivity index (χ0n) is 11.1. The number of carboxylic acids is 1. The number of hydrogen-bond donors (Lipinski definition) is 2. The van der Waals surface area contributed by atoms with E-state index in [2.05, 4.69) is 24.2 Å². The number of carbonyl (C=O) groups is 1. The van der Waals surface area contributed by atoms with Crippen LogP contribution in [0.25, 0.3) is 0 Å². The fourth-order valence-electron chi connectivity index (χ4n) is 1.91. The summed E-state index contributed by atoms with van der Waals surface area (Å²) in [7, 11) is 2.08. The molecule has 17 heavy (non-hydrogen) atoms. The molecule has 1 aliphatic rings. The van der Waals surface area contributed by atoms with Crippen molar-refractivity contribution in [3.63, 3.8) is 0 Å². The monoisotopic (exact) mass is 242 g/mol. The van der Waals surface area contributed by atoms with E-state index >= 15 is 0 Å². The molecule has 0 aromatic heterocycles. The third-order valence-corrected chi connectivity index (χ3v) is 3.26. The molecule has 1 atom stereocenters. The van der Waals surface area contributed by atoms with Crippen LogP contribution in [0.15, 0.2) is 0 Å². The van der Waals surface area contributed by atoms with Crippen LogP contribution < -0.4 is 5.32 Å². The van der Waals surface area contributed by atoms with Crippen LogP contribution in [-0.2, 0) is 4.79 Å². The number of aliphatic carboxylic acids is 1. The Balaban J connectivity index is 2.13. The fourth-order valence-corrected chi connectivity index (χ4v) is 1.91. The Bertz CT molecular complexity index is 229. The zero-order valence-corrected chi connectivity index (χ0v) is 11.1. The molecule has 0 aromatic carbocycles. The van der Waals surface area contributed by atoms with Crippen LogP contribution in [0.1, 0.15) is 45.4 Å². The van der Waals surface area contributed by atoms with Gasteiger partial charge in [-0.3, -0.25) is 4.79 Å². The van der Waals surface area contributed by atoms with Gasteiger partial charge >= 0.3 is 5.97 Å². The van der Waals surface area contributed by atoms with Gasteiger partial charge < -0.3 is 15.3 Å². The molecule has 1 fully saturated rings. The molecule has 2 N–H and O–H groups in total. The summed E-state index contributed by atoms with van der Waals surface area (Å²) in [5.74, 6) is -0.709. The molecule has 0 aromatic rings. The Morgan fingerprint density at radius 2 is 2.12 bits per heavy atom. The van der Waals surface area contributed by atoms with E-state index in [9.17, 15) is 4.79 Å². The van der Waals surface area contributed by atoms with Gasteiger partial charge in [0.2, 0.25) is 0 Å². The van der Waals surface area contributed by atoms with Crippen LogP contribution >= 0.6 is 0 Å². The number of carboxylic acid groups (broad SMARTS) is 1. The highest BCUT2D eigenvalue weighted by Crippen LogP contribution is 2.20. The minimum absolute atomic E-state index is 0.365. The van der Waals surface area contributed by atoms with Crippen molar-refractivity contribution in [2.24, 2.45) is 0 Å². The largest absolute Gasteiger partial charge is 0.480 e. The highest BCUT2D eigenvalue weighted by Gasteiger charge is 2.27. The summed E-state index contributed by atoms with van der Waals surface area (Å²) in [6.45, 7) is 4.13. The van der Waals surface area contributed by atoms with Crippen molar-refractivity contribution in [1.29, 1.82) is 0 Å². The molecule has 0 aliphatic heterocycles. The van der Waals surface area contributed by atoms with Crippen molar-refractivity contribution in [2.45, 2.75) is 57.5 Å². The molecule has 0 amide bonds. The van der Waals surface area contributed by atoms with Gasteiger partial charge in [0.15, 0.2) is 0 Å². The number of nitrogens with zero attached hydrogens (tertiary/aromatic N) is 1. The molecule has 0 saturated heterocycles. The van der Waals surface area contributed by atoms with Crippen molar-refractivity contribution in [1.82, 2.24) is 10.2 Å². The van der Waals surface area contributed by atoms with Gasteiger partial charge in [-0.1, -0.05) is 19.8 Å². The summed E-state index contributed by atoms with van der Waals surface area (Å²) >= 11 is 0. The summed E-state index contributed by atoms with van der Waals surface area (Å²) in [6, 6.07) is 0.0950. The number of rotatable bonds is 10. The highest BCUT2D eigenvalue weighted by atomic mass is 16.4. The van der Waals surface area contributed by atoms with E-state index in [1.807, 2.05) is 0 Å². The van der Waals surface area contributed by atoms with Gasteiger partial charge in [0.1, 0.15) is 6.04 Å². The number of nitrogens with one attached hydrogen (secondary N) is 1. The van der Waals surface area contributed by atoms with Gasteiger partial charge in [0.05, 0.1) is 0 Å². The van der Waals surface area contributed by atoms with Crippen LogP contribution in [0, 0.1) is 0 Å². The summed E-state index contributed by atoms with van der Waals surface area (Å²) in [4.78, 5) is 13.3. The van der Waals surface area contributed by atoms with Gasteiger partial charge in [0, 0.05) is 6.04 Å². The normalized spacial score (nSPS) is 17.4. The lowest BCUT2D eigenvalue weighted by molar-refractivity contribution is -0.139. The second kappa shape index (κ2) is 7.67. The molecule has 1 saturated carbocycles. The quantitative estimate of drug-likeness (QED) is 0.573.